The molecule has 0 saturated carbocycles. The fraction of sp³-hybridized carbons (Fsp3) is 0.486. The summed E-state index contributed by atoms with van der Waals surface area (Å²) in [5, 5.41) is 60.2. The molecule has 272 valence electrons. The van der Waals surface area contributed by atoms with Crippen LogP contribution in [0.5, 0.6) is 23.0 Å². The Morgan fingerprint density at radius 2 is 1.63 bits per heavy atom. The third-order valence-electron chi connectivity index (χ3n) is 9.82. The topological polar surface area (TPSA) is 204 Å². The number of carbonyl (C=O) groups is 3. The maximum Gasteiger partial charge on any atom is 1.00 e. The van der Waals surface area contributed by atoms with Crippen molar-refractivity contribution in [1.29, 1.82) is 0 Å². The molecular formula is C37H46NNaO12. The van der Waals surface area contributed by atoms with E-state index >= 15 is 0 Å². The maximum absolute atomic E-state index is 13.9. The second-order valence-electron chi connectivity index (χ2n) is 13.4. The number of hydrogen-bond acceptors (Lipinski definition) is 12. The van der Waals surface area contributed by atoms with Crippen molar-refractivity contribution in [3.8, 4) is 23.0 Å². The molecule has 0 aliphatic carbocycles. The summed E-state index contributed by atoms with van der Waals surface area (Å²) in [4.78, 5) is 39.2. The SMILES string of the molecule is CO[C@H]1/C=C/O[C@@]2(C)Oc3c(C)c(O)c4c(O)c(cc([O-])c4c3C2=O)NC(=O)/C(C)=C\C=C\C(C)[C@H](O)[C@@H](C)[C@@H](O)[C@@H](C)[C@H](OC(C)=O)[C@@H]1C.[Na+]. The second-order valence-corrected chi connectivity index (χ2v) is 13.4. The Morgan fingerprint density at radius 1 is 0.980 bits per heavy atom. The number of ketones is 1. The molecule has 3 heterocycles. The zero-order valence-electron chi connectivity index (χ0n) is 30.6. The summed E-state index contributed by atoms with van der Waals surface area (Å²) in [6, 6.07) is 0.951. The predicted molar refractivity (Wildman–Crippen MR) is 182 cm³/mol. The van der Waals surface area contributed by atoms with Crippen molar-refractivity contribution in [3.63, 3.8) is 0 Å². The summed E-state index contributed by atoms with van der Waals surface area (Å²) < 4.78 is 23.1. The quantitative estimate of drug-likeness (QED) is 0.168. The number of aliphatic hydroxyl groups is 2. The van der Waals surface area contributed by atoms with Crippen molar-refractivity contribution < 1.29 is 88.4 Å². The fourth-order valence-corrected chi connectivity index (χ4v) is 6.63. The summed E-state index contributed by atoms with van der Waals surface area (Å²) >= 11 is 0. The number of carbonyl (C=O) groups excluding carboxylic acids is 3. The van der Waals surface area contributed by atoms with Gasteiger partial charge in [0.2, 0.25) is 0 Å². The van der Waals surface area contributed by atoms with Crippen molar-refractivity contribution in [2.24, 2.45) is 23.7 Å². The number of rotatable bonds is 2. The number of hydrogen-bond donors (Lipinski definition) is 5. The molecule has 14 heteroatoms. The number of aromatic hydroxyl groups is 2. The number of amides is 1. The van der Waals surface area contributed by atoms with E-state index in [4.69, 9.17) is 18.9 Å². The summed E-state index contributed by atoms with van der Waals surface area (Å²) in [6.07, 6.45) is 3.52. The van der Waals surface area contributed by atoms with E-state index in [9.17, 15) is 39.9 Å². The van der Waals surface area contributed by atoms with Gasteiger partial charge in [-0.05, 0) is 31.4 Å². The minimum atomic E-state index is -2.01. The van der Waals surface area contributed by atoms with E-state index in [2.05, 4.69) is 5.32 Å². The molecule has 3 aliphatic rings. The normalized spacial score (nSPS) is 32.6. The van der Waals surface area contributed by atoms with Crippen LogP contribution in [-0.4, -0.2) is 75.4 Å². The molecule has 2 aromatic carbocycles. The molecule has 5 N–H and O–H groups in total. The number of fused-ring (bicyclic) bond motifs is 14. The summed E-state index contributed by atoms with van der Waals surface area (Å²) in [7, 11) is 1.43. The van der Waals surface area contributed by atoms with Crippen molar-refractivity contribution in [3.05, 3.63) is 53.3 Å². The van der Waals surface area contributed by atoms with Crippen molar-refractivity contribution in [2.45, 2.75) is 85.6 Å². The Morgan fingerprint density at radius 3 is 2.24 bits per heavy atom. The molecule has 13 nitrogen and oxygen atoms in total. The second kappa shape index (κ2) is 16.4. The fourth-order valence-electron chi connectivity index (χ4n) is 6.63. The van der Waals surface area contributed by atoms with Gasteiger partial charge in [-0.3, -0.25) is 14.4 Å². The largest absolute Gasteiger partial charge is 1.00 e. The van der Waals surface area contributed by atoms with Gasteiger partial charge in [0.25, 0.3) is 11.7 Å². The molecule has 0 aromatic heterocycles. The molecule has 0 saturated heterocycles. The Bertz CT molecular complexity index is 1770. The standard InChI is InChI=1S/C37H47NO12.Na/c1-16-11-10-12-17(2)36(46)38-23-15-24(40)26-27(32(23)44)31(43)21(6)34-28(26)35(45)37(8,50-34)48-14-13-25(47-9)18(3)33(49-22(7)39)20(5)30(42)19(4)29(16)41;/h10-16,18-20,25,29-30,33,40-44H,1-9H3,(H,38,46);/q;+1/p-1/b11-10+,14-13+,17-12-;/t16?,18-,19-,20-,25+,29+,30-,33-,37+;/m1./s1. The number of esters is 1. The van der Waals surface area contributed by atoms with Crippen LogP contribution in [0.3, 0.4) is 0 Å². The molecule has 3 aliphatic heterocycles. The average molecular weight is 720 g/mol. The number of phenolic OH excluding ortho intramolecular Hbond substituents is 2. The van der Waals surface area contributed by atoms with Crippen LogP contribution in [0.4, 0.5) is 5.69 Å². The predicted octanol–water partition coefficient (Wildman–Crippen LogP) is 1.13. The summed E-state index contributed by atoms with van der Waals surface area (Å²) in [6.45, 7) is 12.4. The molecule has 0 fully saturated rings. The number of allylic oxidation sites excluding steroid dienone is 2. The number of phenols is 2. The molecule has 0 radical (unpaired) electrons. The van der Waals surface area contributed by atoms with Crippen LogP contribution >= 0.6 is 0 Å². The van der Waals surface area contributed by atoms with Crippen LogP contribution in [0.2, 0.25) is 0 Å². The van der Waals surface area contributed by atoms with E-state index in [1.807, 2.05) is 0 Å². The summed E-state index contributed by atoms with van der Waals surface area (Å²) in [5.41, 5.74) is -0.266. The molecule has 2 aromatic rings. The average Bonchev–Trinajstić information content (AvgIpc) is 3.33. The molecule has 9 atom stereocenters. The van der Waals surface area contributed by atoms with E-state index in [1.54, 1.807) is 39.8 Å². The number of ether oxygens (including phenoxy) is 4. The van der Waals surface area contributed by atoms with Crippen LogP contribution in [0, 0.1) is 30.6 Å². The monoisotopic (exact) mass is 719 g/mol. The number of methoxy groups -OCH3 is 1. The first kappa shape index (κ1) is 41.8. The number of Topliss-reactive ketones (excluding diaryl/α,β-unsaturated/α-hetero) is 1. The molecule has 5 rings (SSSR count). The van der Waals surface area contributed by atoms with Gasteiger partial charge in [0.1, 0.15) is 17.6 Å². The van der Waals surface area contributed by atoms with Crippen LogP contribution in [0.15, 0.2) is 42.2 Å². The smallest absolute Gasteiger partial charge is 0.872 e. The zero-order chi connectivity index (χ0) is 37.4. The van der Waals surface area contributed by atoms with Gasteiger partial charge in [-0.25, -0.2) is 0 Å². The van der Waals surface area contributed by atoms with Crippen molar-refractivity contribution in [2.75, 3.05) is 12.4 Å². The van der Waals surface area contributed by atoms with E-state index in [0.717, 1.165) is 6.07 Å². The Hall–Kier alpha value is -3.59. The van der Waals surface area contributed by atoms with Gasteiger partial charge >= 0.3 is 41.3 Å². The van der Waals surface area contributed by atoms with Crippen LogP contribution in [-0.2, 0) is 23.8 Å². The number of nitrogens with one attached hydrogen (secondary N) is 1. The Balaban J connectivity index is 0.00000702. The molecule has 51 heavy (non-hydrogen) atoms. The minimum Gasteiger partial charge on any atom is -0.872 e. The van der Waals surface area contributed by atoms with E-state index in [0.29, 0.717) is 0 Å². The summed E-state index contributed by atoms with van der Waals surface area (Å²) in [5.74, 6) is -8.49. The molecule has 1 amide bonds. The van der Waals surface area contributed by atoms with Crippen LogP contribution < -0.4 is 44.7 Å². The third kappa shape index (κ3) is 8.08. The van der Waals surface area contributed by atoms with Crippen molar-refractivity contribution in [1.82, 2.24) is 0 Å². The first-order valence-corrected chi connectivity index (χ1v) is 16.4. The molecule has 1 unspecified atom stereocenters. The van der Waals surface area contributed by atoms with Crippen molar-refractivity contribution >= 4 is 34.1 Å². The van der Waals surface area contributed by atoms with Gasteiger partial charge in [-0.2, -0.15) is 0 Å². The van der Waals surface area contributed by atoms with Gasteiger partial charge in [0.05, 0.1) is 41.2 Å². The van der Waals surface area contributed by atoms with E-state index in [1.165, 1.54) is 53.2 Å². The Labute approximate surface area is 319 Å². The van der Waals surface area contributed by atoms with E-state index in [-0.39, 0.29) is 68.5 Å². The number of anilines is 1. The van der Waals surface area contributed by atoms with Gasteiger partial charge < -0.3 is 49.8 Å². The first-order chi connectivity index (χ1) is 23.4. The van der Waals surface area contributed by atoms with E-state index < -0.39 is 88.8 Å². The number of aliphatic hydroxyl groups excluding tert-OH is 2. The molecule has 0 spiro atoms. The van der Waals surface area contributed by atoms with Crippen LogP contribution in [0.25, 0.3) is 10.8 Å². The zero-order valence-corrected chi connectivity index (χ0v) is 32.6. The molecule has 5 bridgehead atoms. The Kier molecular flexibility index (Phi) is 13.4. The number of benzene rings is 2. The van der Waals surface area contributed by atoms with Gasteiger partial charge in [-0.15, -0.1) is 0 Å². The van der Waals surface area contributed by atoms with Gasteiger partial charge in [0, 0.05) is 55.8 Å². The molecular weight excluding hydrogens is 673 g/mol. The van der Waals surface area contributed by atoms with Crippen LogP contribution in [0.1, 0.15) is 64.4 Å². The maximum atomic E-state index is 13.9. The van der Waals surface area contributed by atoms with Gasteiger partial charge in [-0.1, -0.05) is 51.7 Å². The first-order valence-electron chi connectivity index (χ1n) is 16.4. The third-order valence-corrected chi connectivity index (χ3v) is 9.82. The minimum absolute atomic E-state index is 0. The van der Waals surface area contributed by atoms with Gasteiger partial charge in [0.15, 0.2) is 5.75 Å².